The first-order chi connectivity index (χ1) is 14.2. The normalized spacial score (nSPS) is 11.5. The lowest BCUT2D eigenvalue weighted by molar-refractivity contribution is -0.138. The van der Waals surface area contributed by atoms with E-state index in [0.717, 1.165) is 24.1 Å². The summed E-state index contributed by atoms with van der Waals surface area (Å²) < 4.78 is 52.6. The van der Waals surface area contributed by atoms with E-state index in [1.165, 1.54) is 7.05 Å². The highest BCUT2D eigenvalue weighted by Crippen LogP contribution is 2.32. The molecule has 0 aliphatic carbocycles. The molecule has 0 aliphatic rings. The van der Waals surface area contributed by atoms with Crippen LogP contribution in [0.3, 0.4) is 0 Å². The minimum atomic E-state index is -4.66. The molecule has 0 heterocycles. The average Bonchev–Trinajstić information content (AvgIpc) is 2.72. The molecule has 2 rings (SSSR count). The van der Waals surface area contributed by atoms with Crippen LogP contribution in [0.1, 0.15) is 40.4 Å². The van der Waals surface area contributed by atoms with Crippen molar-refractivity contribution in [2.24, 2.45) is 4.99 Å². The van der Waals surface area contributed by atoms with E-state index in [0.29, 0.717) is 24.7 Å². The number of carbonyl (C=O) groups excluding carboxylic acids is 1. The molecule has 0 atom stereocenters. The first-order valence-corrected chi connectivity index (χ1v) is 9.42. The van der Waals surface area contributed by atoms with Gasteiger partial charge in [-0.25, -0.2) is 4.39 Å². The molecule has 0 radical (unpaired) electrons. The highest BCUT2D eigenvalue weighted by Gasteiger charge is 2.33. The second-order valence-corrected chi connectivity index (χ2v) is 6.53. The minimum Gasteiger partial charge on any atom is -0.352 e. The molecule has 1 amide bonds. The zero-order valence-electron chi connectivity index (χ0n) is 17.1. The number of benzene rings is 2. The van der Waals surface area contributed by atoms with Crippen molar-refractivity contribution in [1.29, 1.82) is 0 Å². The van der Waals surface area contributed by atoms with Crippen molar-refractivity contribution in [1.82, 2.24) is 16.0 Å². The van der Waals surface area contributed by atoms with Gasteiger partial charge in [0.2, 0.25) is 0 Å². The lowest BCUT2D eigenvalue weighted by Gasteiger charge is -2.16. The smallest absolute Gasteiger partial charge is 0.352 e. The number of carbonyl (C=O) groups is 1. The number of aliphatic imine (C=N–C) groups is 1. The SMILES string of the molecule is CCCNC(=O)c1cccc(CNC(=NC)NCc2ccc(F)cc2C(F)(F)F)c1.I. The number of amides is 1. The number of hydrogen-bond donors (Lipinski definition) is 3. The Hall–Kier alpha value is -2.37. The Bertz CT molecular complexity index is 903. The molecule has 2 aromatic carbocycles. The molecule has 0 unspecified atom stereocenters. The predicted octanol–water partition coefficient (Wildman–Crippen LogP) is 4.47. The van der Waals surface area contributed by atoms with E-state index in [2.05, 4.69) is 20.9 Å². The summed E-state index contributed by atoms with van der Waals surface area (Å²) in [5.41, 5.74) is 0.198. The third-order valence-electron chi connectivity index (χ3n) is 4.23. The summed E-state index contributed by atoms with van der Waals surface area (Å²) in [7, 11) is 1.49. The van der Waals surface area contributed by atoms with Crippen molar-refractivity contribution < 1.29 is 22.4 Å². The van der Waals surface area contributed by atoms with Crippen molar-refractivity contribution in [2.45, 2.75) is 32.6 Å². The Balaban J connectivity index is 0.00000480. The van der Waals surface area contributed by atoms with Crippen LogP contribution in [0.4, 0.5) is 17.6 Å². The van der Waals surface area contributed by atoms with E-state index in [9.17, 15) is 22.4 Å². The maximum atomic E-state index is 13.2. The fraction of sp³-hybridized carbons (Fsp3) is 0.333. The molecule has 3 N–H and O–H groups in total. The second-order valence-electron chi connectivity index (χ2n) is 6.53. The Labute approximate surface area is 195 Å². The standard InChI is InChI=1S/C21H24F4N4O.HI/c1-3-9-27-19(30)15-6-4-5-14(10-15)12-28-20(26-2)29-13-16-7-8-17(22)11-18(16)21(23,24)25;/h4-8,10-11H,3,9,12-13H2,1-2H3,(H,27,30)(H2,26,28,29);1H. The molecule has 2 aromatic rings. The fourth-order valence-electron chi connectivity index (χ4n) is 2.72. The fourth-order valence-corrected chi connectivity index (χ4v) is 2.72. The number of halogens is 5. The summed E-state index contributed by atoms with van der Waals surface area (Å²) in [4.78, 5) is 16.0. The van der Waals surface area contributed by atoms with Crippen LogP contribution in [0.5, 0.6) is 0 Å². The van der Waals surface area contributed by atoms with Crippen LogP contribution in [0.2, 0.25) is 0 Å². The van der Waals surface area contributed by atoms with E-state index in [4.69, 9.17) is 0 Å². The van der Waals surface area contributed by atoms with Crippen molar-refractivity contribution in [3.05, 3.63) is 70.5 Å². The van der Waals surface area contributed by atoms with Gasteiger partial charge in [-0.1, -0.05) is 25.1 Å². The van der Waals surface area contributed by atoms with Gasteiger partial charge >= 0.3 is 6.18 Å². The molecule has 0 aromatic heterocycles. The van der Waals surface area contributed by atoms with E-state index in [1.54, 1.807) is 18.2 Å². The van der Waals surface area contributed by atoms with E-state index < -0.39 is 17.6 Å². The number of rotatable bonds is 7. The molecular formula is C21H25F4IN4O. The first-order valence-electron chi connectivity index (χ1n) is 9.42. The molecule has 0 aliphatic heterocycles. The van der Waals surface area contributed by atoms with Crippen LogP contribution in [-0.4, -0.2) is 25.5 Å². The van der Waals surface area contributed by atoms with Crippen molar-refractivity contribution in [3.8, 4) is 0 Å². The summed E-state index contributed by atoms with van der Waals surface area (Å²) in [6.07, 6.45) is -3.83. The van der Waals surface area contributed by atoms with Crippen molar-refractivity contribution in [3.63, 3.8) is 0 Å². The largest absolute Gasteiger partial charge is 0.416 e. The van der Waals surface area contributed by atoms with Gasteiger partial charge in [-0.15, -0.1) is 24.0 Å². The number of nitrogens with zero attached hydrogens (tertiary/aromatic N) is 1. The van der Waals surface area contributed by atoms with E-state index in [1.807, 2.05) is 13.0 Å². The number of guanidine groups is 1. The van der Waals surface area contributed by atoms with Crippen molar-refractivity contribution in [2.75, 3.05) is 13.6 Å². The van der Waals surface area contributed by atoms with Gasteiger partial charge < -0.3 is 16.0 Å². The first kappa shape index (κ1) is 26.7. The Morgan fingerprint density at radius 2 is 1.74 bits per heavy atom. The quantitative estimate of drug-likeness (QED) is 0.206. The van der Waals surface area contributed by atoms with Crippen LogP contribution < -0.4 is 16.0 Å². The van der Waals surface area contributed by atoms with Gasteiger partial charge in [0.15, 0.2) is 5.96 Å². The Kier molecular flexibility index (Phi) is 10.7. The molecular weight excluding hydrogens is 527 g/mol. The molecule has 5 nitrogen and oxygen atoms in total. The number of hydrogen-bond acceptors (Lipinski definition) is 2. The summed E-state index contributed by atoms with van der Waals surface area (Å²) in [5, 5.41) is 8.57. The zero-order chi connectivity index (χ0) is 22.1. The summed E-state index contributed by atoms with van der Waals surface area (Å²) >= 11 is 0. The monoisotopic (exact) mass is 552 g/mol. The third kappa shape index (κ3) is 8.35. The van der Waals surface area contributed by atoms with Gasteiger partial charge in [0, 0.05) is 32.2 Å². The third-order valence-corrected chi connectivity index (χ3v) is 4.23. The summed E-state index contributed by atoms with van der Waals surface area (Å²) in [6.45, 7) is 2.67. The van der Waals surface area contributed by atoms with E-state index in [-0.39, 0.29) is 48.0 Å². The maximum absolute atomic E-state index is 13.2. The van der Waals surface area contributed by atoms with E-state index >= 15 is 0 Å². The van der Waals surface area contributed by atoms with Crippen LogP contribution in [0.25, 0.3) is 0 Å². The van der Waals surface area contributed by atoms with Gasteiger partial charge in [0.1, 0.15) is 5.82 Å². The molecule has 170 valence electrons. The Morgan fingerprint density at radius 3 is 2.39 bits per heavy atom. The average molecular weight is 552 g/mol. The number of nitrogens with one attached hydrogen (secondary N) is 3. The molecule has 0 bridgehead atoms. The topological polar surface area (TPSA) is 65.5 Å². The molecule has 31 heavy (non-hydrogen) atoms. The van der Waals surface area contributed by atoms with Crippen molar-refractivity contribution >= 4 is 35.8 Å². The van der Waals surface area contributed by atoms with Gasteiger partial charge in [0.25, 0.3) is 5.91 Å². The lowest BCUT2D eigenvalue weighted by Crippen LogP contribution is -2.36. The maximum Gasteiger partial charge on any atom is 0.416 e. The predicted molar refractivity (Wildman–Crippen MR) is 123 cm³/mol. The van der Waals surface area contributed by atoms with Gasteiger partial charge in [-0.2, -0.15) is 13.2 Å². The molecule has 0 saturated heterocycles. The van der Waals surface area contributed by atoms with Crippen LogP contribution in [0.15, 0.2) is 47.5 Å². The highest BCUT2D eigenvalue weighted by molar-refractivity contribution is 14.0. The molecule has 0 fully saturated rings. The molecule has 10 heteroatoms. The lowest BCUT2D eigenvalue weighted by atomic mass is 10.1. The zero-order valence-corrected chi connectivity index (χ0v) is 19.5. The van der Waals surface area contributed by atoms with Crippen LogP contribution in [0, 0.1) is 5.82 Å². The number of alkyl halides is 3. The molecule has 0 spiro atoms. The second kappa shape index (κ2) is 12.5. The van der Waals surface area contributed by atoms with Crippen LogP contribution >= 0.6 is 24.0 Å². The highest BCUT2D eigenvalue weighted by atomic mass is 127. The molecule has 0 saturated carbocycles. The summed E-state index contributed by atoms with van der Waals surface area (Å²) in [5.74, 6) is -0.845. The summed E-state index contributed by atoms with van der Waals surface area (Å²) in [6, 6.07) is 9.55. The minimum absolute atomic E-state index is 0. The van der Waals surface area contributed by atoms with Gasteiger partial charge in [0.05, 0.1) is 5.56 Å². The van der Waals surface area contributed by atoms with Crippen LogP contribution in [-0.2, 0) is 19.3 Å². The van der Waals surface area contributed by atoms with Gasteiger partial charge in [-0.05, 0) is 41.8 Å². The van der Waals surface area contributed by atoms with Gasteiger partial charge in [-0.3, -0.25) is 9.79 Å². The Morgan fingerprint density at radius 1 is 1.03 bits per heavy atom.